The molecular weight excluding hydrogens is 205 g/mol. The first-order valence-electron chi connectivity index (χ1n) is 5.38. The Kier molecular flexibility index (Phi) is 4.19. The number of nitrogens with one attached hydrogen (secondary N) is 1. The minimum atomic E-state index is -0.313. The molecule has 0 saturated carbocycles. The van der Waals surface area contributed by atoms with Gasteiger partial charge < -0.3 is 5.32 Å². The van der Waals surface area contributed by atoms with Crippen molar-refractivity contribution < 1.29 is 9.18 Å². The van der Waals surface area contributed by atoms with Crippen LogP contribution < -0.4 is 5.32 Å². The molecule has 0 radical (unpaired) electrons. The van der Waals surface area contributed by atoms with Crippen molar-refractivity contribution in [2.24, 2.45) is 0 Å². The number of carbonyl (C=O) groups is 1. The van der Waals surface area contributed by atoms with Crippen LogP contribution in [0.5, 0.6) is 0 Å². The van der Waals surface area contributed by atoms with E-state index in [2.05, 4.69) is 5.32 Å². The predicted molar refractivity (Wildman–Crippen MR) is 62.9 cm³/mol. The lowest BCUT2D eigenvalue weighted by Gasteiger charge is -2.19. The topological polar surface area (TPSA) is 29.1 Å². The molecule has 0 aromatic heterocycles. The first kappa shape index (κ1) is 12.8. The van der Waals surface area contributed by atoms with Crippen LogP contribution in [0.25, 0.3) is 0 Å². The van der Waals surface area contributed by atoms with Crippen LogP contribution in [0.3, 0.4) is 0 Å². The number of Topliss-reactive ketones (excluding diaryl/α,β-unsaturated/α-hetero) is 1. The molecule has 16 heavy (non-hydrogen) atoms. The lowest BCUT2D eigenvalue weighted by Crippen LogP contribution is -2.39. The molecule has 0 unspecified atom stereocenters. The molecule has 0 bridgehead atoms. The van der Waals surface area contributed by atoms with Crippen molar-refractivity contribution in [1.29, 1.82) is 0 Å². The van der Waals surface area contributed by atoms with Crippen LogP contribution in [-0.2, 0) is 11.2 Å². The minimum absolute atomic E-state index is 0.0000231. The summed E-state index contributed by atoms with van der Waals surface area (Å²) in [6.45, 7) is 6.24. The average molecular weight is 223 g/mol. The zero-order valence-corrected chi connectivity index (χ0v) is 10.0. The second-order valence-electron chi connectivity index (χ2n) is 4.91. The Balaban J connectivity index is 2.50. The smallest absolute Gasteiger partial charge is 0.151 e. The summed E-state index contributed by atoms with van der Waals surface area (Å²) in [4.78, 5) is 11.6. The summed E-state index contributed by atoms with van der Waals surface area (Å²) in [6.07, 6.45) is 0.149. The van der Waals surface area contributed by atoms with E-state index >= 15 is 0 Å². The molecule has 1 N–H and O–H groups in total. The van der Waals surface area contributed by atoms with Crippen LogP contribution in [0.15, 0.2) is 24.3 Å². The molecule has 3 heteroatoms. The quantitative estimate of drug-likeness (QED) is 0.848. The van der Waals surface area contributed by atoms with E-state index < -0.39 is 0 Å². The van der Waals surface area contributed by atoms with Crippen molar-refractivity contribution in [2.75, 3.05) is 6.54 Å². The Morgan fingerprint density at radius 1 is 1.31 bits per heavy atom. The number of hydrogen-bond donors (Lipinski definition) is 1. The minimum Gasteiger partial charge on any atom is -0.305 e. The number of rotatable bonds is 4. The first-order valence-corrected chi connectivity index (χ1v) is 5.38. The monoisotopic (exact) mass is 223 g/mol. The average Bonchev–Trinajstić information content (AvgIpc) is 2.18. The highest BCUT2D eigenvalue weighted by atomic mass is 19.1. The van der Waals surface area contributed by atoms with Crippen molar-refractivity contribution >= 4 is 5.78 Å². The molecule has 0 heterocycles. The second-order valence-corrected chi connectivity index (χ2v) is 4.91. The molecule has 2 nitrogen and oxygen atoms in total. The first-order chi connectivity index (χ1) is 7.38. The molecule has 1 aromatic rings. The fourth-order valence-electron chi connectivity index (χ4n) is 1.28. The fraction of sp³-hybridized carbons (Fsp3) is 0.462. The fourth-order valence-corrected chi connectivity index (χ4v) is 1.28. The molecule has 0 spiro atoms. The molecule has 0 saturated heterocycles. The van der Waals surface area contributed by atoms with Gasteiger partial charge in [-0.2, -0.15) is 0 Å². The normalized spacial score (nSPS) is 11.5. The van der Waals surface area contributed by atoms with Gasteiger partial charge in [-0.3, -0.25) is 4.79 Å². The van der Waals surface area contributed by atoms with E-state index in [1.54, 1.807) is 18.2 Å². The highest BCUT2D eigenvalue weighted by molar-refractivity contribution is 5.82. The van der Waals surface area contributed by atoms with Gasteiger partial charge >= 0.3 is 0 Å². The van der Waals surface area contributed by atoms with Crippen molar-refractivity contribution in [2.45, 2.75) is 32.7 Å². The van der Waals surface area contributed by atoms with Gasteiger partial charge in [0.25, 0.3) is 0 Å². The van der Waals surface area contributed by atoms with Crippen LogP contribution in [0, 0.1) is 5.82 Å². The summed E-state index contributed by atoms with van der Waals surface area (Å²) < 4.78 is 13.3. The van der Waals surface area contributed by atoms with Gasteiger partial charge in [0, 0.05) is 12.0 Å². The largest absolute Gasteiger partial charge is 0.305 e. The summed E-state index contributed by atoms with van der Waals surface area (Å²) in [7, 11) is 0. The maximum Gasteiger partial charge on any atom is 0.151 e. The summed E-state index contributed by atoms with van der Waals surface area (Å²) in [6, 6.07) is 6.38. The van der Waals surface area contributed by atoms with E-state index in [4.69, 9.17) is 0 Å². The lowest BCUT2D eigenvalue weighted by molar-refractivity contribution is -0.117. The molecule has 0 aliphatic rings. The van der Waals surface area contributed by atoms with E-state index in [0.29, 0.717) is 5.56 Å². The number of ketones is 1. The summed E-state index contributed by atoms with van der Waals surface area (Å²) in [5, 5.41) is 3.09. The number of hydrogen-bond acceptors (Lipinski definition) is 2. The highest BCUT2D eigenvalue weighted by Crippen LogP contribution is 2.07. The highest BCUT2D eigenvalue weighted by Gasteiger charge is 2.12. The third kappa shape index (κ3) is 4.53. The van der Waals surface area contributed by atoms with Gasteiger partial charge in [0.1, 0.15) is 5.82 Å². The molecule has 0 atom stereocenters. The van der Waals surface area contributed by atoms with Crippen molar-refractivity contribution in [3.05, 3.63) is 35.6 Å². The Morgan fingerprint density at radius 2 is 1.94 bits per heavy atom. The SMILES string of the molecule is CC(C)(C)NCC(=O)Cc1ccccc1F. The van der Waals surface area contributed by atoms with Gasteiger partial charge in [0.15, 0.2) is 5.78 Å². The van der Waals surface area contributed by atoms with Crippen LogP contribution in [0.2, 0.25) is 0 Å². The van der Waals surface area contributed by atoms with Gasteiger partial charge in [-0.05, 0) is 32.4 Å². The summed E-state index contributed by atoms with van der Waals surface area (Å²) >= 11 is 0. The molecule has 88 valence electrons. The van der Waals surface area contributed by atoms with Gasteiger partial charge in [0.2, 0.25) is 0 Å². The Bertz CT molecular complexity index is 368. The molecule has 1 rings (SSSR count). The standard InChI is InChI=1S/C13H18FNO/c1-13(2,3)15-9-11(16)8-10-6-4-5-7-12(10)14/h4-7,15H,8-9H2,1-3H3. The van der Waals surface area contributed by atoms with E-state index in [1.807, 2.05) is 20.8 Å². The third-order valence-electron chi connectivity index (χ3n) is 2.16. The zero-order valence-electron chi connectivity index (χ0n) is 10.0. The van der Waals surface area contributed by atoms with Crippen molar-refractivity contribution in [3.63, 3.8) is 0 Å². The molecule has 0 aliphatic carbocycles. The zero-order chi connectivity index (χ0) is 12.2. The van der Waals surface area contributed by atoms with E-state index in [1.165, 1.54) is 6.07 Å². The van der Waals surface area contributed by atoms with Crippen LogP contribution in [0.4, 0.5) is 4.39 Å². The Hall–Kier alpha value is -1.22. The molecule has 0 amide bonds. The Labute approximate surface area is 95.9 Å². The molecule has 0 aliphatic heterocycles. The third-order valence-corrected chi connectivity index (χ3v) is 2.16. The molecule has 1 aromatic carbocycles. The van der Waals surface area contributed by atoms with Gasteiger partial charge in [0.05, 0.1) is 6.54 Å². The predicted octanol–water partition coefficient (Wildman–Crippen LogP) is 2.33. The van der Waals surface area contributed by atoms with Crippen molar-refractivity contribution in [3.8, 4) is 0 Å². The lowest BCUT2D eigenvalue weighted by atomic mass is 10.1. The number of carbonyl (C=O) groups excluding carboxylic acids is 1. The van der Waals surface area contributed by atoms with Crippen LogP contribution in [0.1, 0.15) is 26.3 Å². The molecule has 0 fully saturated rings. The van der Waals surface area contributed by atoms with E-state index in [-0.39, 0.29) is 30.1 Å². The maximum absolute atomic E-state index is 13.3. The van der Waals surface area contributed by atoms with Gasteiger partial charge in [-0.1, -0.05) is 18.2 Å². The summed E-state index contributed by atoms with van der Waals surface area (Å²) in [5.74, 6) is -0.313. The van der Waals surface area contributed by atoms with Gasteiger partial charge in [-0.25, -0.2) is 4.39 Å². The van der Waals surface area contributed by atoms with E-state index in [0.717, 1.165) is 0 Å². The van der Waals surface area contributed by atoms with Crippen LogP contribution in [-0.4, -0.2) is 17.9 Å². The van der Waals surface area contributed by atoms with Gasteiger partial charge in [-0.15, -0.1) is 0 Å². The summed E-state index contributed by atoms with van der Waals surface area (Å²) in [5.41, 5.74) is 0.369. The number of benzene rings is 1. The molecular formula is C13H18FNO. The van der Waals surface area contributed by atoms with Crippen LogP contribution >= 0.6 is 0 Å². The number of halogens is 1. The second kappa shape index (κ2) is 5.21. The van der Waals surface area contributed by atoms with E-state index in [9.17, 15) is 9.18 Å². The van der Waals surface area contributed by atoms with Crippen molar-refractivity contribution in [1.82, 2.24) is 5.32 Å². The maximum atomic E-state index is 13.3. The Morgan fingerprint density at radius 3 is 2.50 bits per heavy atom.